The molecular formula is C13H16N2O. The molecule has 2 heterocycles. The van der Waals surface area contributed by atoms with Crippen molar-refractivity contribution in [3.05, 3.63) is 24.0 Å². The van der Waals surface area contributed by atoms with Crippen LogP contribution in [0.2, 0.25) is 0 Å². The molecule has 1 aliphatic carbocycles. The number of fused-ring (bicyclic) bond motifs is 2. The van der Waals surface area contributed by atoms with Crippen molar-refractivity contribution >= 4 is 11.6 Å². The number of hydrogen-bond acceptors (Lipinski definition) is 2. The van der Waals surface area contributed by atoms with E-state index in [-0.39, 0.29) is 11.3 Å². The fourth-order valence-electron chi connectivity index (χ4n) is 3.17. The van der Waals surface area contributed by atoms with Crippen molar-refractivity contribution in [1.82, 2.24) is 4.98 Å². The van der Waals surface area contributed by atoms with Crippen LogP contribution in [-0.2, 0) is 10.2 Å². The average Bonchev–Trinajstić information content (AvgIpc) is 2.55. The van der Waals surface area contributed by atoms with Crippen molar-refractivity contribution < 1.29 is 4.79 Å². The Morgan fingerprint density at radius 3 is 2.81 bits per heavy atom. The molecule has 1 spiro atoms. The Kier molecular flexibility index (Phi) is 2.03. The van der Waals surface area contributed by atoms with E-state index in [2.05, 4.69) is 4.98 Å². The van der Waals surface area contributed by atoms with Gasteiger partial charge in [-0.15, -0.1) is 0 Å². The molecule has 1 saturated carbocycles. The van der Waals surface area contributed by atoms with E-state index in [4.69, 9.17) is 0 Å². The van der Waals surface area contributed by atoms with Gasteiger partial charge in [0.15, 0.2) is 0 Å². The highest BCUT2D eigenvalue weighted by Gasteiger charge is 2.50. The lowest BCUT2D eigenvalue weighted by atomic mass is 9.72. The maximum absolute atomic E-state index is 12.4. The summed E-state index contributed by atoms with van der Waals surface area (Å²) in [6, 6.07) is 3.91. The van der Waals surface area contributed by atoms with E-state index in [1.54, 1.807) is 4.90 Å². The molecule has 0 aromatic carbocycles. The minimum absolute atomic E-state index is 0.251. The highest BCUT2D eigenvalue weighted by molar-refractivity contribution is 6.07. The summed E-state index contributed by atoms with van der Waals surface area (Å²) in [5, 5.41) is 0. The Morgan fingerprint density at radius 2 is 2.06 bits per heavy atom. The molecule has 2 aliphatic rings. The fourth-order valence-corrected chi connectivity index (χ4v) is 3.17. The number of pyridine rings is 1. The van der Waals surface area contributed by atoms with Crippen molar-refractivity contribution in [3.63, 3.8) is 0 Å². The Bertz CT molecular complexity index is 435. The molecule has 1 fully saturated rings. The van der Waals surface area contributed by atoms with E-state index in [1.165, 1.54) is 6.42 Å². The van der Waals surface area contributed by atoms with Gasteiger partial charge in [0, 0.05) is 13.2 Å². The second kappa shape index (κ2) is 3.30. The maximum Gasteiger partial charge on any atom is 0.239 e. The molecule has 3 nitrogen and oxygen atoms in total. The van der Waals surface area contributed by atoms with Gasteiger partial charge in [-0.25, -0.2) is 0 Å². The Morgan fingerprint density at radius 1 is 1.31 bits per heavy atom. The van der Waals surface area contributed by atoms with Crippen LogP contribution in [0, 0.1) is 0 Å². The lowest BCUT2D eigenvalue weighted by molar-refractivity contribution is -0.124. The summed E-state index contributed by atoms with van der Waals surface area (Å²) in [5.41, 5.74) is 1.74. The van der Waals surface area contributed by atoms with E-state index >= 15 is 0 Å². The number of aromatic nitrogens is 1. The van der Waals surface area contributed by atoms with Crippen LogP contribution >= 0.6 is 0 Å². The van der Waals surface area contributed by atoms with Crippen LogP contribution in [0.5, 0.6) is 0 Å². The largest absolute Gasteiger partial charge is 0.313 e. The van der Waals surface area contributed by atoms with Crippen LogP contribution in [0.15, 0.2) is 18.3 Å². The van der Waals surface area contributed by atoms with Crippen LogP contribution in [0.1, 0.15) is 37.8 Å². The lowest BCUT2D eigenvalue weighted by Crippen LogP contribution is -2.40. The number of hydrogen-bond donors (Lipinski definition) is 0. The fraction of sp³-hybridized carbons (Fsp3) is 0.538. The highest BCUT2D eigenvalue weighted by atomic mass is 16.2. The first kappa shape index (κ1) is 9.82. The number of likely N-dealkylation sites (N-methyl/N-ethyl adjacent to an activating group) is 1. The number of carbonyl (C=O) groups is 1. The van der Waals surface area contributed by atoms with E-state index in [9.17, 15) is 4.79 Å². The maximum atomic E-state index is 12.4. The van der Waals surface area contributed by atoms with E-state index in [1.807, 2.05) is 25.4 Å². The molecular weight excluding hydrogens is 200 g/mol. The first-order valence-electron chi connectivity index (χ1n) is 5.99. The van der Waals surface area contributed by atoms with Crippen LogP contribution in [0.3, 0.4) is 0 Å². The van der Waals surface area contributed by atoms with Crippen molar-refractivity contribution in [3.8, 4) is 0 Å². The van der Waals surface area contributed by atoms with E-state index in [0.717, 1.165) is 37.1 Å². The number of anilines is 1. The van der Waals surface area contributed by atoms with Gasteiger partial charge in [-0.2, -0.15) is 0 Å². The molecule has 0 saturated heterocycles. The van der Waals surface area contributed by atoms with Crippen LogP contribution < -0.4 is 4.90 Å². The molecule has 0 N–H and O–H groups in total. The molecule has 3 rings (SSSR count). The van der Waals surface area contributed by atoms with Gasteiger partial charge in [0.25, 0.3) is 0 Å². The van der Waals surface area contributed by atoms with Gasteiger partial charge in [-0.05, 0) is 25.0 Å². The number of carbonyl (C=O) groups excluding carboxylic acids is 1. The van der Waals surface area contributed by atoms with Crippen LogP contribution in [0.4, 0.5) is 5.69 Å². The van der Waals surface area contributed by atoms with Gasteiger partial charge in [0.2, 0.25) is 5.91 Å². The van der Waals surface area contributed by atoms with E-state index in [0.29, 0.717) is 0 Å². The Labute approximate surface area is 95.5 Å². The van der Waals surface area contributed by atoms with Gasteiger partial charge in [0.05, 0.1) is 16.8 Å². The first-order valence-corrected chi connectivity index (χ1v) is 5.99. The highest BCUT2D eigenvalue weighted by Crippen LogP contribution is 2.48. The minimum Gasteiger partial charge on any atom is -0.313 e. The average molecular weight is 216 g/mol. The zero-order valence-corrected chi connectivity index (χ0v) is 9.57. The topological polar surface area (TPSA) is 33.2 Å². The van der Waals surface area contributed by atoms with Gasteiger partial charge in [0.1, 0.15) is 0 Å². The second-order valence-corrected chi connectivity index (χ2v) is 4.88. The predicted molar refractivity (Wildman–Crippen MR) is 62.4 cm³/mol. The summed E-state index contributed by atoms with van der Waals surface area (Å²) in [6.07, 6.45) is 7.30. The van der Waals surface area contributed by atoms with E-state index < -0.39 is 0 Å². The second-order valence-electron chi connectivity index (χ2n) is 4.88. The number of rotatable bonds is 0. The zero-order chi connectivity index (χ0) is 11.2. The summed E-state index contributed by atoms with van der Waals surface area (Å²) < 4.78 is 0. The minimum atomic E-state index is -0.288. The monoisotopic (exact) mass is 216 g/mol. The van der Waals surface area contributed by atoms with Gasteiger partial charge in [-0.1, -0.05) is 19.3 Å². The molecule has 0 atom stereocenters. The van der Waals surface area contributed by atoms with Crippen molar-refractivity contribution in [2.75, 3.05) is 11.9 Å². The van der Waals surface area contributed by atoms with Crippen LogP contribution in [-0.4, -0.2) is 17.9 Å². The Hall–Kier alpha value is -1.38. The molecule has 1 amide bonds. The summed E-state index contributed by atoms with van der Waals surface area (Å²) in [5.74, 6) is 0.251. The van der Waals surface area contributed by atoms with Crippen LogP contribution in [0.25, 0.3) is 0 Å². The molecule has 3 heteroatoms. The third-order valence-corrected chi connectivity index (χ3v) is 4.02. The molecule has 16 heavy (non-hydrogen) atoms. The summed E-state index contributed by atoms with van der Waals surface area (Å²) in [6.45, 7) is 0. The molecule has 1 aromatic heterocycles. The van der Waals surface area contributed by atoms with Gasteiger partial charge < -0.3 is 4.90 Å². The molecule has 1 aromatic rings. The summed E-state index contributed by atoms with van der Waals surface area (Å²) in [7, 11) is 1.87. The molecule has 0 unspecified atom stereocenters. The standard InChI is InChI=1S/C13H16N2O/c1-15-10-6-5-9-14-11(10)13(12(15)16)7-3-2-4-8-13/h5-6,9H,2-4,7-8H2,1H3. The molecule has 84 valence electrons. The smallest absolute Gasteiger partial charge is 0.239 e. The summed E-state index contributed by atoms with van der Waals surface area (Å²) in [4.78, 5) is 18.7. The first-order chi connectivity index (χ1) is 7.76. The SMILES string of the molecule is CN1C(=O)C2(CCCCC2)c2ncccc21. The number of nitrogens with zero attached hydrogens (tertiary/aromatic N) is 2. The third kappa shape index (κ3) is 1.09. The lowest BCUT2D eigenvalue weighted by Gasteiger charge is -2.31. The molecule has 0 bridgehead atoms. The predicted octanol–water partition coefficient (Wildman–Crippen LogP) is 2.26. The third-order valence-electron chi connectivity index (χ3n) is 4.02. The Balaban J connectivity index is 2.16. The number of amides is 1. The van der Waals surface area contributed by atoms with Crippen molar-refractivity contribution in [2.45, 2.75) is 37.5 Å². The van der Waals surface area contributed by atoms with Gasteiger partial charge >= 0.3 is 0 Å². The van der Waals surface area contributed by atoms with Gasteiger partial charge in [-0.3, -0.25) is 9.78 Å². The summed E-state index contributed by atoms with van der Waals surface area (Å²) >= 11 is 0. The van der Waals surface area contributed by atoms with Crippen molar-refractivity contribution in [2.24, 2.45) is 0 Å². The zero-order valence-electron chi connectivity index (χ0n) is 9.57. The quantitative estimate of drug-likeness (QED) is 0.666. The molecule has 0 radical (unpaired) electrons. The van der Waals surface area contributed by atoms with Crippen molar-refractivity contribution in [1.29, 1.82) is 0 Å². The molecule has 1 aliphatic heterocycles. The normalized spacial score (nSPS) is 22.6.